The topological polar surface area (TPSA) is 21.7 Å². The lowest BCUT2D eigenvalue weighted by Crippen LogP contribution is -2.30. The first-order chi connectivity index (χ1) is 9.54. The molecular weight excluding hydrogens is 338 g/mol. The van der Waals surface area contributed by atoms with Gasteiger partial charge in [-0.05, 0) is 47.3 Å². The number of halogens is 1. The zero-order valence-electron chi connectivity index (χ0n) is 12.9. The highest BCUT2D eigenvalue weighted by Crippen LogP contribution is 2.38. The SMILES string of the molecule is CCSCC(C)N(C)Cc1ccc(OC)c(OC)c1Br. The summed E-state index contributed by atoms with van der Waals surface area (Å²) in [6, 6.07) is 4.58. The van der Waals surface area contributed by atoms with Gasteiger partial charge in [0.05, 0.1) is 18.7 Å². The maximum atomic E-state index is 5.42. The minimum atomic E-state index is 0.542. The Bertz CT molecular complexity index is 429. The average Bonchev–Trinajstić information content (AvgIpc) is 2.46. The van der Waals surface area contributed by atoms with Gasteiger partial charge in [0.25, 0.3) is 0 Å². The number of benzene rings is 1. The van der Waals surface area contributed by atoms with Crippen LogP contribution in [-0.2, 0) is 6.54 Å². The largest absolute Gasteiger partial charge is 0.493 e. The average molecular weight is 362 g/mol. The first kappa shape index (κ1) is 17.7. The molecule has 3 nitrogen and oxygen atoms in total. The molecule has 0 heterocycles. The molecular formula is C15H24BrNO2S. The van der Waals surface area contributed by atoms with Crippen molar-refractivity contribution in [3.63, 3.8) is 0 Å². The Balaban J connectivity index is 2.82. The molecule has 0 aliphatic heterocycles. The molecule has 0 amide bonds. The highest BCUT2D eigenvalue weighted by atomic mass is 79.9. The Morgan fingerprint density at radius 3 is 2.55 bits per heavy atom. The summed E-state index contributed by atoms with van der Waals surface area (Å²) in [7, 11) is 5.47. The van der Waals surface area contributed by atoms with Crippen LogP contribution in [0, 0.1) is 0 Å². The monoisotopic (exact) mass is 361 g/mol. The molecule has 20 heavy (non-hydrogen) atoms. The predicted octanol–water partition coefficient (Wildman–Crippen LogP) is 4.04. The highest BCUT2D eigenvalue weighted by Gasteiger charge is 2.16. The Labute approximate surface area is 135 Å². The fourth-order valence-electron chi connectivity index (χ4n) is 1.89. The molecule has 0 aliphatic carbocycles. The highest BCUT2D eigenvalue weighted by molar-refractivity contribution is 9.10. The van der Waals surface area contributed by atoms with Crippen molar-refractivity contribution in [1.29, 1.82) is 0 Å². The minimum absolute atomic E-state index is 0.542. The summed E-state index contributed by atoms with van der Waals surface area (Å²) in [5.41, 5.74) is 1.21. The van der Waals surface area contributed by atoms with E-state index in [4.69, 9.17) is 9.47 Å². The fourth-order valence-corrected chi connectivity index (χ4v) is 3.34. The second kappa shape index (κ2) is 8.80. The van der Waals surface area contributed by atoms with E-state index >= 15 is 0 Å². The van der Waals surface area contributed by atoms with Crippen LogP contribution in [-0.4, -0.2) is 43.7 Å². The van der Waals surface area contributed by atoms with E-state index < -0.39 is 0 Å². The van der Waals surface area contributed by atoms with E-state index in [1.807, 2.05) is 17.8 Å². The molecule has 0 saturated heterocycles. The molecule has 0 fully saturated rings. The van der Waals surface area contributed by atoms with E-state index in [-0.39, 0.29) is 0 Å². The molecule has 0 radical (unpaired) electrons. The Morgan fingerprint density at radius 2 is 2.00 bits per heavy atom. The Hall–Kier alpha value is -0.390. The number of hydrogen-bond acceptors (Lipinski definition) is 4. The quantitative estimate of drug-likeness (QED) is 0.696. The minimum Gasteiger partial charge on any atom is -0.493 e. The van der Waals surface area contributed by atoms with Crippen molar-refractivity contribution in [2.45, 2.75) is 26.4 Å². The third-order valence-corrected chi connectivity index (χ3v) is 5.30. The van der Waals surface area contributed by atoms with Crippen molar-refractivity contribution >= 4 is 27.7 Å². The zero-order valence-corrected chi connectivity index (χ0v) is 15.3. The maximum Gasteiger partial charge on any atom is 0.175 e. The molecule has 1 atom stereocenters. The van der Waals surface area contributed by atoms with Gasteiger partial charge in [0.15, 0.2) is 11.5 Å². The van der Waals surface area contributed by atoms with Gasteiger partial charge in [-0.1, -0.05) is 13.0 Å². The van der Waals surface area contributed by atoms with Gasteiger partial charge in [0.2, 0.25) is 0 Å². The van der Waals surface area contributed by atoms with E-state index in [1.54, 1.807) is 14.2 Å². The number of nitrogens with zero attached hydrogens (tertiary/aromatic N) is 1. The number of methoxy groups -OCH3 is 2. The predicted molar refractivity (Wildman–Crippen MR) is 91.2 cm³/mol. The van der Waals surface area contributed by atoms with Gasteiger partial charge >= 0.3 is 0 Å². The van der Waals surface area contributed by atoms with Crippen LogP contribution < -0.4 is 9.47 Å². The second-order valence-electron chi connectivity index (χ2n) is 4.70. The molecule has 0 N–H and O–H groups in total. The van der Waals surface area contributed by atoms with Gasteiger partial charge in [0.1, 0.15) is 0 Å². The van der Waals surface area contributed by atoms with E-state index in [0.717, 1.165) is 34.0 Å². The summed E-state index contributed by atoms with van der Waals surface area (Å²) in [6.45, 7) is 5.34. The summed E-state index contributed by atoms with van der Waals surface area (Å²) in [5.74, 6) is 3.82. The van der Waals surface area contributed by atoms with Gasteiger partial charge in [0, 0.05) is 18.3 Å². The van der Waals surface area contributed by atoms with Crippen LogP contribution in [0.5, 0.6) is 11.5 Å². The lowest BCUT2D eigenvalue weighted by Gasteiger charge is -2.25. The van der Waals surface area contributed by atoms with Crippen LogP contribution in [0.15, 0.2) is 16.6 Å². The van der Waals surface area contributed by atoms with Gasteiger partial charge < -0.3 is 9.47 Å². The number of ether oxygens (including phenoxy) is 2. The van der Waals surface area contributed by atoms with E-state index in [9.17, 15) is 0 Å². The molecule has 0 spiro atoms. The van der Waals surface area contributed by atoms with Gasteiger partial charge in [-0.3, -0.25) is 4.90 Å². The molecule has 0 bridgehead atoms. The third-order valence-electron chi connectivity index (χ3n) is 3.30. The summed E-state index contributed by atoms with van der Waals surface area (Å²) in [4.78, 5) is 2.36. The molecule has 5 heteroatoms. The van der Waals surface area contributed by atoms with Crippen LogP contribution in [0.3, 0.4) is 0 Å². The van der Waals surface area contributed by atoms with E-state index in [0.29, 0.717) is 6.04 Å². The summed E-state index contributed by atoms with van der Waals surface area (Å²) >= 11 is 5.60. The first-order valence-electron chi connectivity index (χ1n) is 6.72. The maximum absolute atomic E-state index is 5.42. The van der Waals surface area contributed by atoms with Crippen LogP contribution in [0.2, 0.25) is 0 Å². The molecule has 1 rings (SSSR count). The molecule has 1 aromatic carbocycles. The van der Waals surface area contributed by atoms with E-state index in [2.05, 4.69) is 47.8 Å². The Morgan fingerprint density at radius 1 is 1.30 bits per heavy atom. The van der Waals surface area contributed by atoms with Crippen molar-refractivity contribution in [3.8, 4) is 11.5 Å². The third kappa shape index (κ3) is 4.57. The molecule has 0 saturated carbocycles. The molecule has 114 valence electrons. The molecule has 0 aromatic heterocycles. The first-order valence-corrected chi connectivity index (χ1v) is 8.67. The Kier molecular flexibility index (Phi) is 7.77. The van der Waals surface area contributed by atoms with Crippen LogP contribution in [0.25, 0.3) is 0 Å². The normalized spacial score (nSPS) is 12.6. The van der Waals surface area contributed by atoms with Crippen LogP contribution in [0.1, 0.15) is 19.4 Å². The fraction of sp³-hybridized carbons (Fsp3) is 0.600. The lowest BCUT2D eigenvalue weighted by molar-refractivity contribution is 0.268. The second-order valence-corrected chi connectivity index (χ2v) is 6.81. The number of hydrogen-bond donors (Lipinski definition) is 0. The van der Waals surface area contributed by atoms with Gasteiger partial charge in [-0.2, -0.15) is 11.8 Å². The molecule has 1 aromatic rings. The number of rotatable bonds is 8. The molecule has 1 unspecified atom stereocenters. The van der Waals surface area contributed by atoms with Crippen molar-refractivity contribution in [1.82, 2.24) is 4.90 Å². The van der Waals surface area contributed by atoms with Crippen LogP contribution in [0.4, 0.5) is 0 Å². The van der Waals surface area contributed by atoms with Crippen molar-refractivity contribution in [3.05, 3.63) is 22.2 Å². The van der Waals surface area contributed by atoms with E-state index in [1.165, 1.54) is 5.56 Å². The summed E-state index contributed by atoms with van der Waals surface area (Å²) in [6.07, 6.45) is 0. The number of thioether (sulfide) groups is 1. The van der Waals surface area contributed by atoms with Gasteiger partial charge in [-0.25, -0.2) is 0 Å². The standard InChI is InChI=1S/C15H24BrNO2S/c1-6-20-10-11(2)17(3)9-12-7-8-13(18-4)15(19-5)14(12)16/h7-8,11H,6,9-10H2,1-5H3. The summed E-state index contributed by atoms with van der Waals surface area (Å²) in [5, 5.41) is 0. The lowest BCUT2D eigenvalue weighted by atomic mass is 10.1. The van der Waals surface area contributed by atoms with Crippen LogP contribution >= 0.6 is 27.7 Å². The van der Waals surface area contributed by atoms with Gasteiger partial charge in [-0.15, -0.1) is 0 Å². The zero-order chi connectivity index (χ0) is 15.1. The van der Waals surface area contributed by atoms with Crippen molar-refractivity contribution < 1.29 is 9.47 Å². The smallest absolute Gasteiger partial charge is 0.175 e. The molecule has 0 aliphatic rings. The summed E-state index contributed by atoms with van der Waals surface area (Å²) < 4.78 is 11.7. The van der Waals surface area contributed by atoms with Crippen molar-refractivity contribution in [2.75, 3.05) is 32.8 Å². The van der Waals surface area contributed by atoms with Crippen molar-refractivity contribution in [2.24, 2.45) is 0 Å².